The van der Waals surface area contributed by atoms with Gasteiger partial charge in [-0.1, -0.05) is 144 Å². The van der Waals surface area contributed by atoms with Crippen molar-refractivity contribution >= 4 is 112 Å². The second kappa shape index (κ2) is 44.3. The standard InChI is InChI=1S/C33H47Cl2N5O5.C32H50N4O6.C30H49N5O5/c1-3-5-12-23(28(41)30(43)36-15-6-4-2)37-29(42)27-25-22(33(25,34)35)18-40(27)31(44)26(20-10-8-7-9-11-20)39-32(45)38-24-17-19-13-14-21(24)16-19;1-6-12-22(27(37)29(39)33-17-7-2)34-28(38)26-24-21(32(24,4)5)18-36(26)30(40)25(20-14-9-8-10-15-20)35-31(41)42-23-16-11-13-19(23)3;1-11-13-15-19(22(36)25(38)31-16-14-12-2)32-24(37)21-20-18(30(20,9)10)17-35(21)26(39)23(28(3,4)5)33-27(40)34-29(6,7)8/h3-4,19-27H,1-2,5-18H2,(H,36,43)(H,37,42)(H2,38,39,45);7,19-26H,2,6,8-18H2,1,3-5H3,(H,33,39)(H,34,38)(H,35,41);11-12,18-21,23H,1-2,13-17H2,3-10H3,(H,31,38)(H,32,37)(H2,33,34,40)/t19?,21?,22-,23?,24?,25-,26-,27-;19?,21-,22?,23?,24-,25-,26-;18-,19?,20-,21-,23+/m000/s1. The molecule has 0 radical (unpaired) electrons. The first kappa shape index (κ1) is 102. The molecule has 3 saturated heterocycles. The fraction of sp³-hybridized carbons (Fsp3) is 0.737. The zero-order valence-corrected chi connectivity index (χ0v) is 78.7. The second-order valence-corrected chi connectivity index (χ2v) is 42.2. The van der Waals surface area contributed by atoms with Crippen LogP contribution in [-0.2, 0) is 62.3 Å². The van der Waals surface area contributed by atoms with E-state index in [4.69, 9.17) is 27.9 Å². The number of Topliss-reactive ketones (excluding diaryl/α,β-unsaturated/α-hetero) is 3. The smallest absolute Gasteiger partial charge is 0.408 e. The highest BCUT2D eigenvalue weighted by Gasteiger charge is 2.75. The number of urea groups is 2. The number of halogens is 2. The summed E-state index contributed by atoms with van der Waals surface area (Å²) >= 11 is 13.2. The molecule has 30 nitrogen and oxygen atoms in total. The number of rotatable bonds is 38. The van der Waals surface area contributed by atoms with E-state index in [0.29, 0.717) is 69.4 Å². The van der Waals surface area contributed by atoms with E-state index >= 15 is 0 Å². The zero-order chi connectivity index (χ0) is 93.5. The average molecular weight is 1810 g/mol. The normalized spacial score (nSPS) is 27.8. The van der Waals surface area contributed by atoms with Crippen LogP contribution >= 0.6 is 23.2 Å². The van der Waals surface area contributed by atoms with Crippen molar-refractivity contribution in [1.82, 2.24) is 73.2 Å². The minimum atomic E-state index is -1.19. The van der Waals surface area contributed by atoms with Gasteiger partial charge in [-0.25, -0.2) is 14.4 Å². The number of likely N-dealkylation sites (tertiary alicyclic amines) is 3. The lowest BCUT2D eigenvalue weighted by Gasteiger charge is -2.38. The molecule has 14 amide bonds. The summed E-state index contributed by atoms with van der Waals surface area (Å²) in [7, 11) is 0. The predicted molar refractivity (Wildman–Crippen MR) is 486 cm³/mol. The number of hydrogen-bond donors (Lipinski definition) is 11. The molecule has 11 aliphatic rings. The van der Waals surface area contributed by atoms with Gasteiger partial charge in [0, 0.05) is 62.7 Å². The number of fused-ring (bicyclic) bond motifs is 5. The lowest BCUT2D eigenvalue weighted by molar-refractivity contribution is -0.145. The summed E-state index contributed by atoms with van der Waals surface area (Å²) in [5.74, 6) is -6.41. The first-order valence-electron chi connectivity index (χ1n) is 46.8. The van der Waals surface area contributed by atoms with Gasteiger partial charge in [0.15, 0.2) is 0 Å². The molecule has 8 saturated carbocycles. The summed E-state index contributed by atoms with van der Waals surface area (Å²) in [5.41, 5.74) is -1.42. The number of ether oxygens (including phenoxy) is 1. The molecule has 20 atom stereocenters. The number of amides is 14. The molecule has 8 aliphatic carbocycles. The van der Waals surface area contributed by atoms with Gasteiger partial charge in [0.2, 0.25) is 52.8 Å². The number of nitrogens with one attached hydrogen (secondary N) is 11. The molecule has 11 N–H and O–H groups in total. The van der Waals surface area contributed by atoms with E-state index in [1.165, 1.54) is 17.4 Å². The molecule has 127 heavy (non-hydrogen) atoms. The van der Waals surface area contributed by atoms with Crippen LogP contribution in [0.1, 0.15) is 244 Å². The van der Waals surface area contributed by atoms with Crippen LogP contribution in [0.5, 0.6) is 0 Å². The van der Waals surface area contributed by atoms with Crippen molar-refractivity contribution in [1.29, 1.82) is 0 Å². The van der Waals surface area contributed by atoms with Crippen LogP contribution in [0.3, 0.4) is 0 Å². The molecule has 706 valence electrons. The number of piperidine rings is 3. The van der Waals surface area contributed by atoms with Gasteiger partial charge in [0.05, 0.1) is 18.1 Å². The highest BCUT2D eigenvalue weighted by molar-refractivity contribution is 6.51. The molecule has 0 aromatic heterocycles. The van der Waals surface area contributed by atoms with Crippen LogP contribution in [0.25, 0.3) is 0 Å². The van der Waals surface area contributed by atoms with Crippen LogP contribution < -0.4 is 58.5 Å². The van der Waals surface area contributed by atoms with Crippen molar-refractivity contribution in [3.63, 3.8) is 0 Å². The number of carbonyl (C=O) groups excluding carboxylic acids is 15. The van der Waals surface area contributed by atoms with Crippen LogP contribution in [0.2, 0.25) is 0 Å². The van der Waals surface area contributed by atoms with E-state index < -0.39 is 140 Å². The van der Waals surface area contributed by atoms with Crippen molar-refractivity contribution in [2.45, 2.75) is 320 Å². The van der Waals surface area contributed by atoms with Gasteiger partial charge < -0.3 is 77.9 Å². The van der Waals surface area contributed by atoms with Crippen molar-refractivity contribution in [3.8, 4) is 0 Å². The maximum Gasteiger partial charge on any atom is 0.408 e. The van der Waals surface area contributed by atoms with Gasteiger partial charge in [-0.05, 0) is 199 Å². The summed E-state index contributed by atoms with van der Waals surface area (Å²) in [6.45, 7) is 43.2. The van der Waals surface area contributed by atoms with Crippen molar-refractivity contribution in [2.75, 3.05) is 39.3 Å². The van der Waals surface area contributed by atoms with E-state index in [1.54, 1.807) is 34.1 Å². The van der Waals surface area contributed by atoms with Gasteiger partial charge in [-0.15, -0.1) is 56.1 Å². The first-order valence-corrected chi connectivity index (χ1v) is 47.5. The summed E-state index contributed by atoms with van der Waals surface area (Å²) in [5, 5.41) is 30.7. The van der Waals surface area contributed by atoms with Crippen LogP contribution in [0, 0.1) is 81.3 Å². The first-order chi connectivity index (χ1) is 59.9. The van der Waals surface area contributed by atoms with E-state index in [-0.39, 0.29) is 127 Å². The lowest BCUT2D eigenvalue weighted by atomic mass is 9.83. The van der Waals surface area contributed by atoms with Crippen molar-refractivity contribution in [2.24, 2.45) is 81.3 Å². The molecule has 0 aromatic carbocycles. The Labute approximate surface area is 761 Å². The Hall–Kier alpha value is -8.67. The number of allylic oxidation sites excluding steroid dienone is 2. The Bertz CT molecular complexity index is 4070. The molecule has 32 heteroatoms. The fourth-order valence-corrected chi connectivity index (χ4v) is 22.2. The number of nitrogens with zero attached hydrogens (tertiary/aromatic N) is 3. The molecule has 0 spiro atoms. The van der Waals surface area contributed by atoms with Crippen LogP contribution in [0.15, 0.2) is 63.3 Å². The lowest BCUT2D eigenvalue weighted by Crippen LogP contribution is -2.62. The summed E-state index contributed by atoms with van der Waals surface area (Å²) in [6.07, 6.45) is 27.0. The number of ketones is 3. The monoisotopic (exact) mass is 1810 g/mol. The third-order valence-corrected chi connectivity index (χ3v) is 29.9. The Morgan fingerprint density at radius 1 is 0.472 bits per heavy atom. The van der Waals surface area contributed by atoms with Gasteiger partial charge >= 0.3 is 18.2 Å². The van der Waals surface area contributed by atoms with Gasteiger partial charge in [0.1, 0.15) is 46.7 Å². The third kappa shape index (κ3) is 25.3. The molecule has 8 unspecified atom stereocenters. The molecule has 0 aromatic rings. The van der Waals surface area contributed by atoms with Crippen molar-refractivity contribution < 1.29 is 76.7 Å². The maximum absolute atomic E-state index is 14.3. The minimum absolute atomic E-state index is 0.0311. The number of hydrogen-bond acceptors (Lipinski definition) is 16. The topological polar surface area (TPSA) is 407 Å². The number of alkyl carbamates (subject to hydrolysis) is 1. The van der Waals surface area contributed by atoms with Gasteiger partial charge in [0.25, 0.3) is 17.7 Å². The molecule has 11 rings (SSSR count). The minimum Gasteiger partial charge on any atom is -0.446 e. The Kier molecular flexibility index (Phi) is 35.6. The molecule has 11 fully saturated rings. The largest absolute Gasteiger partial charge is 0.446 e. The highest BCUT2D eigenvalue weighted by Crippen LogP contribution is 2.67. The SMILES string of the molecule is C=CCCNC(=O)C(=O)C(CCC=C)NC(=O)[C@@H]1[C@@H]2[C@H](CN1C(=O)[C@@H](NC(=O)NC(C)(C)C)C(C)(C)C)C2(C)C.C=CCCNC(=O)C(=O)C(CCC=C)NC(=O)[C@@H]1[C@@H]2[C@H](CN1C(=O)[C@@H](NC(=O)NC1CC3CCC1C3)C1CCCCC1)C2(Cl)Cl.C=CCNC(=O)C(=O)C(CCC)NC(=O)[C@@H]1[C@@H]2[C@H](CN1C(=O)[C@@H](NC(=O)OC1CCCC1C)C1CCCCC1)C2(C)C. The van der Waals surface area contributed by atoms with Crippen LogP contribution in [-0.4, -0.2) is 219 Å². The number of carbonyl (C=O) groups is 15. The Morgan fingerprint density at radius 3 is 1.32 bits per heavy atom. The summed E-state index contributed by atoms with van der Waals surface area (Å²) < 4.78 is 4.58. The van der Waals surface area contributed by atoms with Crippen LogP contribution in [0.4, 0.5) is 14.4 Å². The molecule has 2 bridgehead atoms. The predicted octanol–water partition coefficient (Wildman–Crippen LogP) is 9.95. The summed E-state index contributed by atoms with van der Waals surface area (Å²) in [4.78, 5) is 204. The molecule has 3 aliphatic heterocycles. The molecular weight excluding hydrogens is 1660 g/mol. The van der Waals surface area contributed by atoms with E-state index in [1.807, 2.05) is 48.5 Å². The zero-order valence-electron chi connectivity index (χ0n) is 77.2. The Morgan fingerprint density at radius 2 is 0.913 bits per heavy atom. The van der Waals surface area contributed by atoms with E-state index in [2.05, 4.69) is 126 Å². The average Bonchev–Trinajstić information content (AvgIpc) is 1.53. The molecular formula is C95H146Cl2N14O16. The van der Waals surface area contributed by atoms with Gasteiger partial charge in [-0.3, -0.25) is 57.5 Å². The maximum atomic E-state index is 14.3. The summed E-state index contributed by atoms with van der Waals surface area (Å²) in [6, 6.07) is -8.96. The molecule has 3 heterocycles. The van der Waals surface area contributed by atoms with Gasteiger partial charge in [-0.2, -0.15) is 0 Å². The third-order valence-electron chi connectivity index (χ3n) is 28.9. The second-order valence-electron chi connectivity index (χ2n) is 40.8. The fourth-order valence-electron chi connectivity index (χ4n) is 21.4. The van der Waals surface area contributed by atoms with E-state index in [9.17, 15) is 71.9 Å². The van der Waals surface area contributed by atoms with Crippen molar-refractivity contribution in [3.05, 3.63) is 63.3 Å². The number of alkyl halides is 2. The Balaban J connectivity index is 0.000000216. The quantitative estimate of drug-likeness (QED) is 0.0118. The highest BCUT2D eigenvalue weighted by atomic mass is 35.5. The van der Waals surface area contributed by atoms with E-state index in [0.717, 1.165) is 103 Å².